The van der Waals surface area contributed by atoms with E-state index in [9.17, 15) is 19.6 Å². The maximum absolute atomic E-state index is 14.4. The molecule has 4 fully saturated rings. The van der Waals surface area contributed by atoms with Crippen LogP contribution in [0.2, 0.25) is 0 Å². The molecule has 5 aliphatic carbocycles. The van der Waals surface area contributed by atoms with Gasteiger partial charge in [-0.05, 0) is 73.7 Å². The third-order valence-corrected chi connectivity index (χ3v) is 13.0. The molecule has 1 spiro atoms. The van der Waals surface area contributed by atoms with E-state index in [-0.39, 0.29) is 57.1 Å². The summed E-state index contributed by atoms with van der Waals surface area (Å²) in [6, 6.07) is 2.17. The third kappa shape index (κ3) is 2.85. The number of fused-ring (bicyclic) bond motifs is 7. The maximum atomic E-state index is 14.4. The van der Waals surface area contributed by atoms with Crippen molar-refractivity contribution < 1.29 is 23.9 Å². The second kappa shape index (κ2) is 7.68. The summed E-state index contributed by atoms with van der Waals surface area (Å²) >= 11 is 0. The number of Topliss-reactive ketones (excluding diaryl/α,β-unsaturated/α-hetero) is 1. The van der Waals surface area contributed by atoms with Gasteiger partial charge in [0.05, 0.1) is 31.3 Å². The van der Waals surface area contributed by atoms with Crippen LogP contribution in [0.5, 0.6) is 0 Å². The van der Waals surface area contributed by atoms with Crippen molar-refractivity contribution in [3.63, 3.8) is 0 Å². The molecule has 1 heterocycles. The zero-order chi connectivity index (χ0) is 27.5. The van der Waals surface area contributed by atoms with Crippen LogP contribution in [0.3, 0.4) is 0 Å². The van der Waals surface area contributed by atoms with E-state index in [1.54, 1.807) is 0 Å². The summed E-state index contributed by atoms with van der Waals surface area (Å²) in [6.07, 6.45) is 9.56. The van der Waals surface area contributed by atoms with Crippen LogP contribution < -0.4 is 0 Å². The number of esters is 1. The molecular weight excluding hydrogens is 478 g/mol. The number of nitriles is 1. The van der Waals surface area contributed by atoms with Crippen molar-refractivity contribution in [3.05, 3.63) is 23.3 Å². The molecule has 0 amide bonds. The van der Waals surface area contributed by atoms with E-state index in [2.05, 4.69) is 26.8 Å². The second-order valence-electron chi connectivity index (χ2n) is 14.7. The molecule has 6 heteroatoms. The molecule has 38 heavy (non-hydrogen) atoms. The highest BCUT2D eigenvalue weighted by Gasteiger charge is 2.71. The molecule has 0 radical (unpaired) electrons. The smallest absolute Gasteiger partial charge is 0.312 e. The number of rotatable bonds is 1. The quantitative estimate of drug-likeness (QED) is 0.433. The van der Waals surface area contributed by atoms with Gasteiger partial charge in [0, 0.05) is 22.2 Å². The fraction of sp³-hybridized carbons (Fsp3) is 0.750. The number of carbonyl (C=O) groups is 3. The van der Waals surface area contributed by atoms with E-state index in [1.807, 2.05) is 26.0 Å². The minimum Gasteiger partial charge on any atom is -0.469 e. The first kappa shape index (κ1) is 26.0. The number of ether oxygens (including phenoxy) is 2. The Balaban J connectivity index is 1.52. The third-order valence-electron chi connectivity index (χ3n) is 13.0. The zero-order valence-electron chi connectivity index (χ0n) is 23.7. The monoisotopic (exact) mass is 519 g/mol. The lowest BCUT2D eigenvalue weighted by molar-refractivity contribution is -0.216. The molecule has 0 aromatic rings. The van der Waals surface area contributed by atoms with Gasteiger partial charge < -0.3 is 9.47 Å². The van der Waals surface area contributed by atoms with Crippen molar-refractivity contribution in [2.45, 2.75) is 79.6 Å². The normalized spacial score (nSPS) is 46.2. The lowest BCUT2D eigenvalue weighted by Gasteiger charge is -2.69. The first-order valence-electron chi connectivity index (χ1n) is 14.4. The van der Waals surface area contributed by atoms with E-state index in [0.29, 0.717) is 13.2 Å². The Morgan fingerprint density at radius 2 is 1.74 bits per heavy atom. The highest BCUT2D eigenvalue weighted by atomic mass is 16.5. The van der Waals surface area contributed by atoms with Gasteiger partial charge >= 0.3 is 5.97 Å². The first-order chi connectivity index (χ1) is 17.7. The molecule has 7 atom stereocenters. The van der Waals surface area contributed by atoms with Crippen molar-refractivity contribution in [1.82, 2.24) is 0 Å². The summed E-state index contributed by atoms with van der Waals surface area (Å²) in [7, 11) is 1.48. The lowest BCUT2D eigenvalue weighted by atomic mass is 9.34. The average molecular weight is 520 g/mol. The Bertz CT molecular complexity index is 1250. The number of allylic oxidation sites excluding steroid dienone is 4. The Morgan fingerprint density at radius 3 is 2.34 bits per heavy atom. The molecule has 1 aliphatic heterocycles. The van der Waals surface area contributed by atoms with Gasteiger partial charge in [-0.25, -0.2) is 0 Å². The molecule has 6 nitrogen and oxygen atoms in total. The molecule has 0 unspecified atom stereocenters. The Labute approximate surface area is 226 Å². The van der Waals surface area contributed by atoms with Crippen LogP contribution in [0.1, 0.15) is 79.6 Å². The van der Waals surface area contributed by atoms with Crippen molar-refractivity contribution >= 4 is 17.5 Å². The minimum atomic E-state index is -0.676. The number of methoxy groups -OCH3 is 1. The number of hydrogen-bond donors (Lipinski definition) is 0. The molecule has 0 N–H and O–H groups in total. The molecular formula is C32H41NO5. The number of nitrogens with zero attached hydrogens (tertiary/aromatic N) is 1. The Kier molecular flexibility index (Phi) is 5.26. The van der Waals surface area contributed by atoms with Crippen LogP contribution in [-0.4, -0.2) is 37.9 Å². The minimum absolute atomic E-state index is 0.0229. The molecule has 204 valence electrons. The molecule has 0 bridgehead atoms. The predicted molar refractivity (Wildman–Crippen MR) is 140 cm³/mol. The largest absolute Gasteiger partial charge is 0.469 e. The van der Waals surface area contributed by atoms with Gasteiger partial charge in [-0.2, -0.15) is 5.26 Å². The molecule has 0 aromatic carbocycles. The highest BCUT2D eigenvalue weighted by Crippen LogP contribution is 2.74. The summed E-state index contributed by atoms with van der Waals surface area (Å²) in [6.45, 7) is 12.1. The Hall–Kier alpha value is -2.26. The second-order valence-corrected chi connectivity index (χ2v) is 14.7. The van der Waals surface area contributed by atoms with Crippen molar-refractivity contribution in [3.8, 4) is 6.07 Å². The fourth-order valence-corrected chi connectivity index (χ4v) is 10.6. The summed E-state index contributed by atoms with van der Waals surface area (Å²) in [5.41, 5.74) is -1.10. The maximum Gasteiger partial charge on any atom is 0.312 e. The van der Waals surface area contributed by atoms with Crippen molar-refractivity contribution in [2.75, 3.05) is 20.3 Å². The summed E-state index contributed by atoms with van der Waals surface area (Å²) in [5, 5.41) is 9.88. The SMILES string of the molecule is COC(=O)[C@]12CCC3(COC3)C[C@H]1[C@H]1C(=O)C=C3[C@@]4(C)C=C(C#N)C(=O)C(C)(C)[C@@H]4CC[C@@]3(C)[C@]1(C)CC2. The number of hydrogen-bond acceptors (Lipinski definition) is 6. The molecule has 3 saturated carbocycles. The van der Waals surface area contributed by atoms with Crippen LogP contribution in [0.15, 0.2) is 23.3 Å². The van der Waals surface area contributed by atoms with E-state index < -0.39 is 16.2 Å². The first-order valence-corrected chi connectivity index (χ1v) is 14.4. The predicted octanol–water partition coefficient (Wildman–Crippen LogP) is 5.37. The van der Waals surface area contributed by atoms with Crippen LogP contribution in [0.25, 0.3) is 0 Å². The van der Waals surface area contributed by atoms with Crippen LogP contribution >= 0.6 is 0 Å². The topological polar surface area (TPSA) is 93.5 Å². The average Bonchev–Trinajstić information content (AvgIpc) is 2.85. The van der Waals surface area contributed by atoms with Gasteiger partial charge in [-0.1, -0.05) is 46.3 Å². The van der Waals surface area contributed by atoms with Crippen LogP contribution in [0, 0.1) is 61.6 Å². The lowest BCUT2D eigenvalue weighted by Crippen LogP contribution is -2.67. The zero-order valence-corrected chi connectivity index (χ0v) is 23.7. The van der Waals surface area contributed by atoms with Crippen molar-refractivity contribution in [1.29, 1.82) is 5.26 Å². The van der Waals surface area contributed by atoms with E-state index in [0.717, 1.165) is 50.5 Å². The van der Waals surface area contributed by atoms with Gasteiger partial charge in [0.25, 0.3) is 0 Å². The number of carbonyl (C=O) groups excluding carboxylic acids is 3. The van der Waals surface area contributed by atoms with E-state index in [1.165, 1.54) is 7.11 Å². The summed E-state index contributed by atoms with van der Waals surface area (Å²) in [4.78, 5) is 41.1. The fourth-order valence-electron chi connectivity index (χ4n) is 10.6. The van der Waals surface area contributed by atoms with Gasteiger partial charge in [-0.3, -0.25) is 14.4 Å². The van der Waals surface area contributed by atoms with Crippen molar-refractivity contribution in [2.24, 2.45) is 50.2 Å². The Morgan fingerprint density at radius 1 is 1.05 bits per heavy atom. The van der Waals surface area contributed by atoms with E-state index in [4.69, 9.17) is 9.47 Å². The summed E-state index contributed by atoms with van der Waals surface area (Å²) < 4.78 is 11.1. The van der Waals surface area contributed by atoms with E-state index >= 15 is 0 Å². The molecule has 6 rings (SSSR count). The molecule has 1 saturated heterocycles. The molecule has 6 aliphatic rings. The summed E-state index contributed by atoms with van der Waals surface area (Å²) in [5.74, 6) is -0.451. The van der Waals surface area contributed by atoms with Gasteiger partial charge in [0.1, 0.15) is 6.07 Å². The van der Waals surface area contributed by atoms with Gasteiger partial charge in [0.15, 0.2) is 11.6 Å². The standard InChI is InChI=1S/C32H41NO5/c1-27(2)22-7-8-29(4)23(28(22,3)14-19(16-33)25(27)35)13-21(34)24-20-15-31(17-38-18-31)10-12-32(20,26(36)37-6)11-9-30(24,29)5/h13-14,20,22,24H,7-12,15,17-18H2,1-6H3/t20-,22-,24-,28-,29+,30+,32+/m0/s1. The van der Waals surface area contributed by atoms with Crippen LogP contribution in [0.4, 0.5) is 0 Å². The number of ketones is 2. The highest BCUT2D eigenvalue weighted by molar-refractivity contribution is 6.04. The van der Waals surface area contributed by atoms with Crippen LogP contribution in [-0.2, 0) is 23.9 Å². The van der Waals surface area contributed by atoms with Gasteiger partial charge in [-0.15, -0.1) is 0 Å². The molecule has 0 aromatic heterocycles. The van der Waals surface area contributed by atoms with Gasteiger partial charge in [0.2, 0.25) is 0 Å².